The fraction of sp³-hybridized carbons (Fsp3) is 1.00. The van der Waals surface area contributed by atoms with Gasteiger partial charge in [-0.05, 0) is 84.2 Å². The van der Waals surface area contributed by atoms with Crippen molar-refractivity contribution in [2.24, 2.45) is 5.92 Å². The standard InChI is InChI=1S/C16H34N2O/c1-3-4-10-18(11-5-6-15-19)14-9-16-7-12-17(2)13-8-16/h16,19H,3-15H2,1-2H3. The highest BCUT2D eigenvalue weighted by atomic mass is 16.2. The highest BCUT2D eigenvalue weighted by molar-refractivity contribution is 4.71. The molecule has 1 fully saturated rings. The van der Waals surface area contributed by atoms with E-state index < -0.39 is 0 Å². The lowest BCUT2D eigenvalue weighted by molar-refractivity contribution is 0.181. The minimum absolute atomic E-state index is 0.344. The topological polar surface area (TPSA) is 26.7 Å². The van der Waals surface area contributed by atoms with E-state index in [9.17, 15) is 0 Å². The van der Waals surface area contributed by atoms with Gasteiger partial charge in [-0.1, -0.05) is 13.3 Å². The summed E-state index contributed by atoms with van der Waals surface area (Å²) in [6.45, 7) is 8.86. The first-order valence-corrected chi connectivity index (χ1v) is 8.28. The number of hydrogen-bond donors (Lipinski definition) is 1. The Morgan fingerprint density at radius 2 is 1.74 bits per heavy atom. The molecule has 0 amide bonds. The van der Waals surface area contributed by atoms with Gasteiger partial charge in [0.1, 0.15) is 0 Å². The van der Waals surface area contributed by atoms with Crippen molar-refractivity contribution in [3.8, 4) is 0 Å². The van der Waals surface area contributed by atoms with Crippen molar-refractivity contribution in [1.82, 2.24) is 9.80 Å². The molecule has 1 saturated heterocycles. The third-order valence-electron chi connectivity index (χ3n) is 4.40. The fourth-order valence-electron chi connectivity index (χ4n) is 2.88. The lowest BCUT2D eigenvalue weighted by atomic mass is 9.93. The summed E-state index contributed by atoms with van der Waals surface area (Å²) in [4.78, 5) is 5.07. The van der Waals surface area contributed by atoms with Gasteiger partial charge in [-0.25, -0.2) is 0 Å². The van der Waals surface area contributed by atoms with Gasteiger partial charge in [0.2, 0.25) is 0 Å². The molecule has 1 aliphatic rings. The Hall–Kier alpha value is -0.120. The summed E-state index contributed by atoms with van der Waals surface area (Å²) in [6, 6.07) is 0. The van der Waals surface area contributed by atoms with Crippen molar-refractivity contribution in [1.29, 1.82) is 0 Å². The van der Waals surface area contributed by atoms with E-state index in [4.69, 9.17) is 5.11 Å². The minimum atomic E-state index is 0.344. The molecule has 1 heterocycles. The van der Waals surface area contributed by atoms with Gasteiger partial charge in [0.15, 0.2) is 0 Å². The van der Waals surface area contributed by atoms with Gasteiger partial charge in [-0.15, -0.1) is 0 Å². The molecular formula is C16H34N2O. The van der Waals surface area contributed by atoms with E-state index >= 15 is 0 Å². The molecule has 0 aromatic carbocycles. The quantitative estimate of drug-likeness (QED) is 0.618. The monoisotopic (exact) mass is 270 g/mol. The van der Waals surface area contributed by atoms with Crippen molar-refractivity contribution < 1.29 is 5.11 Å². The molecule has 114 valence electrons. The van der Waals surface area contributed by atoms with Crippen LogP contribution in [-0.2, 0) is 0 Å². The molecule has 0 unspecified atom stereocenters. The van der Waals surface area contributed by atoms with Gasteiger partial charge in [-0.2, -0.15) is 0 Å². The van der Waals surface area contributed by atoms with Gasteiger partial charge >= 0.3 is 0 Å². The summed E-state index contributed by atoms with van der Waals surface area (Å²) in [7, 11) is 2.23. The predicted molar refractivity (Wildman–Crippen MR) is 82.5 cm³/mol. The number of likely N-dealkylation sites (tertiary alicyclic amines) is 1. The highest BCUT2D eigenvalue weighted by Crippen LogP contribution is 2.20. The van der Waals surface area contributed by atoms with Crippen LogP contribution in [0.25, 0.3) is 0 Å². The van der Waals surface area contributed by atoms with Crippen molar-refractivity contribution in [3.05, 3.63) is 0 Å². The zero-order valence-corrected chi connectivity index (χ0v) is 13.1. The Morgan fingerprint density at radius 3 is 2.37 bits per heavy atom. The molecule has 0 saturated carbocycles. The first-order valence-electron chi connectivity index (χ1n) is 8.28. The average molecular weight is 270 g/mol. The van der Waals surface area contributed by atoms with E-state index in [-0.39, 0.29) is 0 Å². The third kappa shape index (κ3) is 7.91. The Morgan fingerprint density at radius 1 is 1.05 bits per heavy atom. The molecule has 0 aliphatic carbocycles. The van der Waals surface area contributed by atoms with Crippen LogP contribution in [0.15, 0.2) is 0 Å². The maximum atomic E-state index is 8.89. The van der Waals surface area contributed by atoms with Crippen LogP contribution >= 0.6 is 0 Å². The SMILES string of the molecule is CCCCN(CCCCO)CCC1CCN(C)CC1. The van der Waals surface area contributed by atoms with Crippen LogP contribution < -0.4 is 0 Å². The van der Waals surface area contributed by atoms with Crippen LogP contribution in [0.4, 0.5) is 0 Å². The summed E-state index contributed by atoms with van der Waals surface area (Å²) in [6.07, 6.45) is 8.84. The minimum Gasteiger partial charge on any atom is -0.396 e. The molecule has 0 aromatic heterocycles. The van der Waals surface area contributed by atoms with Gasteiger partial charge in [0, 0.05) is 6.61 Å². The molecule has 1 N–H and O–H groups in total. The van der Waals surface area contributed by atoms with E-state index in [0.717, 1.165) is 18.8 Å². The van der Waals surface area contributed by atoms with E-state index in [1.807, 2.05) is 0 Å². The number of aliphatic hydroxyl groups is 1. The first-order chi connectivity index (χ1) is 9.26. The van der Waals surface area contributed by atoms with Crippen molar-refractivity contribution in [2.75, 3.05) is 46.4 Å². The molecule has 3 heteroatoms. The van der Waals surface area contributed by atoms with Gasteiger partial charge in [-0.3, -0.25) is 0 Å². The first kappa shape index (κ1) is 16.9. The van der Waals surface area contributed by atoms with E-state index in [1.54, 1.807) is 0 Å². The summed E-state index contributed by atoms with van der Waals surface area (Å²) >= 11 is 0. The molecule has 0 bridgehead atoms. The molecule has 0 atom stereocenters. The molecule has 0 aromatic rings. The fourth-order valence-corrected chi connectivity index (χ4v) is 2.88. The second-order valence-electron chi connectivity index (χ2n) is 6.16. The summed E-state index contributed by atoms with van der Waals surface area (Å²) in [5.74, 6) is 0.943. The Balaban J connectivity index is 2.18. The number of hydrogen-bond acceptors (Lipinski definition) is 3. The van der Waals surface area contributed by atoms with E-state index in [0.29, 0.717) is 6.61 Å². The molecule has 3 nitrogen and oxygen atoms in total. The third-order valence-corrected chi connectivity index (χ3v) is 4.40. The van der Waals surface area contributed by atoms with Crippen LogP contribution in [0.1, 0.15) is 51.9 Å². The van der Waals surface area contributed by atoms with E-state index in [1.165, 1.54) is 64.8 Å². The number of unbranched alkanes of at least 4 members (excludes halogenated alkanes) is 2. The Labute approximate surface area is 120 Å². The zero-order valence-electron chi connectivity index (χ0n) is 13.1. The normalized spacial score (nSPS) is 18.3. The lowest BCUT2D eigenvalue weighted by Crippen LogP contribution is -2.33. The number of rotatable bonds is 10. The number of nitrogens with zero attached hydrogens (tertiary/aromatic N) is 2. The largest absolute Gasteiger partial charge is 0.396 e. The second kappa shape index (κ2) is 10.6. The predicted octanol–water partition coefficient (Wildman–Crippen LogP) is 2.59. The molecular weight excluding hydrogens is 236 g/mol. The van der Waals surface area contributed by atoms with Crippen LogP contribution in [0, 0.1) is 5.92 Å². The average Bonchev–Trinajstić information content (AvgIpc) is 2.43. The smallest absolute Gasteiger partial charge is 0.0431 e. The molecule has 0 spiro atoms. The van der Waals surface area contributed by atoms with Crippen LogP contribution in [0.2, 0.25) is 0 Å². The summed E-state index contributed by atoms with van der Waals surface area (Å²) in [5, 5.41) is 8.89. The van der Waals surface area contributed by atoms with Crippen molar-refractivity contribution in [3.63, 3.8) is 0 Å². The van der Waals surface area contributed by atoms with Crippen molar-refractivity contribution >= 4 is 0 Å². The van der Waals surface area contributed by atoms with Gasteiger partial charge in [0.25, 0.3) is 0 Å². The van der Waals surface area contributed by atoms with Crippen molar-refractivity contribution in [2.45, 2.75) is 51.9 Å². The number of aliphatic hydroxyl groups excluding tert-OH is 1. The van der Waals surface area contributed by atoms with E-state index in [2.05, 4.69) is 23.8 Å². The van der Waals surface area contributed by atoms with Crippen LogP contribution in [0.3, 0.4) is 0 Å². The molecule has 1 aliphatic heterocycles. The maximum absolute atomic E-state index is 8.89. The highest BCUT2D eigenvalue weighted by Gasteiger charge is 2.17. The van der Waals surface area contributed by atoms with Crippen LogP contribution in [0.5, 0.6) is 0 Å². The molecule has 19 heavy (non-hydrogen) atoms. The lowest BCUT2D eigenvalue weighted by Gasteiger charge is -2.31. The zero-order chi connectivity index (χ0) is 13.9. The Kier molecular flexibility index (Phi) is 9.48. The van der Waals surface area contributed by atoms with Gasteiger partial charge < -0.3 is 14.9 Å². The van der Waals surface area contributed by atoms with Crippen LogP contribution in [-0.4, -0.2) is 61.3 Å². The number of piperidine rings is 1. The maximum Gasteiger partial charge on any atom is 0.0431 e. The van der Waals surface area contributed by atoms with Gasteiger partial charge in [0.05, 0.1) is 0 Å². The Bertz CT molecular complexity index is 203. The summed E-state index contributed by atoms with van der Waals surface area (Å²) in [5.41, 5.74) is 0. The second-order valence-corrected chi connectivity index (χ2v) is 6.16. The summed E-state index contributed by atoms with van der Waals surface area (Å²) < 4.78 is 0. The molecule has 1 rings (SSSR count). The molecule has 0 radical (unpaired) electrons.